The molecule has 0 bridgehead atoms. The normalized spacial score (nSPS) is 22.1. The van der Waals surface area contributed by atoms with Gasteiger partial charge in [-0.15, -0.1) is 0 Å². The molecular formula is C15H29N3O. The van der Waals surface area contributed by atoms with E-state index < -0.39 is 0 Å². The van der Waals surface area contributed by atoms with Gasteiger partial charge < -0.3 is 15.1 Å². The fourth-order valence-corrected chi connectivity index (χ4v) is 3.27. The van der Waals surface area contributed by atoms with Crippen LogP contribution in [0.15, 0.2) is 0 Å². The molecule has 110 valence electrons. The van der Waals surface area contributed by atoms with E-state index in [2.05, 4.69) is 15.1 Å². The van der Waals surface area contributed by atoms with Crippen molar-refractivity contribution in [2.24, 2.45) is 5.92 Å². The Labute approximate surface area is 117 Å². The zero-order valence-electron chi connectivity index (χ0n) is 12.4. The minimum Gasteiger partial charge on any atom is -0.343 e. The van der Waals surface area contributed by atoms with Crippen molar-refractivity contribution in [2.45, 2.75) is 38.5 Å². The van der Waals surface area contributed by atoms with Gasteiger partial charge in [0.1, 0.15) is 0 Å². The summed E-state index contributed by atoms with van der Waals surface area (Å²) in [7, 11) is 1.94. The second-order valence-electron chi connectivity index (χ2n) is 6.04. The molecule has 0 unspecified atom stereocenters. The zero-order chi connectivity index (χ0) is 13.5. The predicted octanol–water partition coefficient (Wildman–Crippen LogP) is 1.32. The van der Waals surface area contributed by atoms with Gasteiger partial charge in [0.25, 0.3) is 0 Å². The van der Waals surface area contributed by atoms with Gasteiger partial charge in [0.2, 0.25) is 5.91 Å². The predicted molar refractivity (Wildman–Crippen MR) is 78.1 cm³/mol. The van der Waals surface area contributed by atoms with Gasteiger partial charge in [-0.25, -0.2) is 0 Å². The van der Waals surface area contributed by atoms with Crippen LogP contribution in [-0.2, 0) is 4.79 Å². The third-order valence-electron chi connectivity index (χ3n) is 4.50. The van der Waals surface area contributed by atoms with E-state index in [0.717, 1.165) is 32.0 Å². The van der Waals surface area contributed by atoms with Crippen molar-refractivity contribution in [3.63, 3.8) is 0 Å². The summed E-state index contributed by atoms with van der Waals surface area (Å²) in [4.78, 5) is 16.7. The van der Waals surface area contributed by atoms with E-state index in [4.69, 9.17) is 0 Å². The monoisotopic (exact) mass is 267 g/mol. The molecule has 2 saturated heterocycles. The maximum Gasteiger partial charge on any atom is 0.222 e. The maximum absolute atomic E-state index is 12.0. The van der Waals surface area contributed by atoms with Crippen LogP contribution < -0.4 is 5.32 Å². The second kappa shape index (κ2) is 7.85. The summed E-state index contributed by atoms with van der Waals surface area (Å²) in [5.41, 5.74) is 0. The average Bonchev–Trinajstić information content (AvgIpc) is 2.93. The lowest BCUT2D eigenvalue weighted by molar-refractivity contribution is -0.132. The Morgan fingerprint density at radius 1 is 1.16 bits per heavy atom. The van der Waals surface area contributed by atoms with Gasteiger partial charge in [0, 0.05) is 26.1 Å². The lowest BCUT2D eigenvalue weighted by atomic mass is 9.96. The molecule has 19 heavy (non-hydrogen) atoms. The highest BCUT2D eigenvalue weighted by Crippen LogP contribution is 2.21. The Morgan fingerprint density at radius 3 is 2.47 bits per heavy atom. The molecule has 4 heteroatoms. The Morgan fingerprint density at radius 2 is 1.84 bits per heavy atom. The van der Waals surface area contributed by atoms with E-state index in [1.807, 2.05) is 7.05 Å². The van der Waals surface area contributed by atoms with Gasteiger partial charge in [-0.2, -0.15) is 0 Å². The molecule has 0 aromatic carbocycles. The highest BCUT2D eigenvalue weighted by atomic mass is 16.2. The first-order valence-electron chi connectivity index (χ1n) is 7.94. The van der Waals surface area contributed by atoms with Crippen LogP contribution in [0.3, 0.4) is 0 Å². The standard InChI is InChI=1S/C15H29N3O/c1-16-8-4-5-15(19)18-11-6-14(7-12-18)13-17-9-2-3-10-17/h14,16H,2-13H2,1H3. The fourth-order valence-electron chi connectivity index (χ4n) is 3.27. The van der Waals surface area contributed by atoms with E-state index in [-0.39, 0.29) is 0 Å². The van der Waals surface area contributed by atoms with Crippen molar-refractivity contribution < 1.29 is 4.79 Å². The molecular weight excluding hydrogens is 238 g/mol. The average molecular weight is 267 g/mol. The van der Waals surface area contributed by atoms with Crippen molar-refractivity contribution >= 4 is 5.91 Å². The number of hydrogen-bond acceptors (Lipinski definition) is 3. The molecule has 2 aliphatic heterocycles. The zero-order valence-corrected chi connectivity index (χ0v) is 12.4. The van der Waals surface area contributed by atoms with Crippen LogP contribution in [0, 0.1) is 5.92 Å². The number of carbonyl (C=O) groups excluding carboxylic acids is 1. The minimum atomic E-state index is 0.356. The van der Waals surface area contributed by atoms with E-state index >= 15 is 0 Å². The highest BCUT2D eigenvalue weighted by molar-refractivity contribution is 5.76. The van der Waals surface area contributed by atoms with Crippen molar-refractivity contribution in [1.29, 1.82) is 0 Å². The van der Waals surface area contributed by atoms with Crippen LogP contribution >= 0.6 is 0 Å². The van der Waals surface area contributed by atoms with Gasteiger partial charge in [-0.1, -0.05) is 0 Å². The second-order valence-corrected chi connectivity index (χ2v) is 6.04. The van der Waals surface area contributed by atoms with Crippen molar-refractivity contribution in [3.8, 4) is 0 Å². The number of carbonyl (C=O) groups is 1. The molecule has 4 nitrogen and oxygen atoms in total. The SMILES string of the molecule is CNCCCC(=O)N1CCC(CN2CCCC2)CC1. The van der Waals surface area contributed by atoms with Crippen LogP contribution in [0.2, 0.25) is 0 Å². The summed E-state index contributed by atoms with van der Waals surface area (Å²) in [6.45, 7) is 6.76. The van der Waals surface area contributed by atoms with Crippen LogP contribution in [0.5, 0.6) is 0 Å². The lowest BCUT2D eigenvalue weighted by Gasteiger charge is -2.34. The van der Waals surface area contributed by atoms with Gasteiger partial charge in [-0.3, -0.25) is 4.79 Å². The van der Waals surface area contributed by atoms with Gasteiger partial charge in [0.05, 0.1) is 0 Å². The third-order valence-corrected chi connectivity index (χ3v) is 4.50. The van der Waals surface area contributed by atoms with Crippen LogP contribution in [-0.4, -0.2) is 62.0 Å². The van der Waals surface area contributed by atoms with Crippen molar-refractivity contribution in [3.05, 3.63) is 0 Å². The number of nitrogens with one attached hydrogen (secondary N) is 1. The fraction of sp³-hybridized carbons (Fsp3) is 0.933. The van der Waals surface area contributed by atoms with Gasteiger partial charge in [-0.05, 0) is 64.7 Å². The van der Waals surface area contributed by atoms with Gasteiger partial charge >= 0.3 is 0 Å². The number of hydrogen-bond donors (Lipinski definition) is 1. The number of amides is 1. The van der Waals surface area contributed by atoms with Crippen LogP contribution in [0.1, 0.15) is 38.5 Å². The van der Waals surface area contributed by atoms with Crippen LogP contribution in [0.4, 0.5) is 0 Å². The molecule has 1 amide bonds. The van der Waals surface area contributed by atoms with Gasteiger partial charge in [0.15, 0.2) is 0 Å². The first-order valence-corrected chi connectivity index (χ1v) is 7.94. The topological polar surface area (TPSA) is 35.6 Å². The summed E-state index contributed by atoms with van der Waals surface area (Å²) in [6, 6.07) is 0. The molecule has 0 atom stereocenters. The van der Waals surface area contributed by atoms with E-state index in [9.17, 15) is 4.79 Å². The van der Waals surface area contributed by atoms with E-state index in [1.54, 1.807) is 0 Å². The smallest absolute Gasteiger partial charge is 0.222 e. The first-order chi connectivity index (χ1) is 9.29. The summed E-state index contributed by atoms with van der Waals surface area (Å²) < 4.78 is 0. The molecule has 0 radical (unpaired) electrons. The molecule has 0 aromatic rings. The van der Waals surface area contributed by atoms with Crippen molar-refractivity contribution in [1.82, 2.24) is 15.1 Å². The molecule has 2 heterocycles. The molecule has 2 rings (SSSR count). The molecule has 0 saturated carbocycles. The minimum absolute atomic E-state index is 0.356. The Hall–Kier alpha value is -0.610. The van der Waals surface area contributed by atoms with Crippen LogP contribution in [0.25, 0.3) is 0 Å². The number of piperidine rings is 1. The summed E-state index contributed by atoms with van der Waals surface area (Å²) >= 11 is 0. The number of likely N-dealkylation sites (tertiary alicyclic amines) is 2. The Bertz CT molecular complexity index is 269. The largest absolute Gasteiger partial charge is 0.343 e. The number of nitrogens with zero attached hydrogens (tertiary/aromatic N) is 2. The molecule has 1 N–H and O–H groups in total. The first kappa shape index (κ1) is 14.8. The summed E-state index contributed by atoms with van der Waals surface area (Å²) in [5, 5.41) is 3.10. The Kier molecular flexibility index (Phi) is 6.11. The third kappa shape index (κ3) is 4.77. The summed E-state index contributed by atoms with van der Waals surface area (Å²) in [5.74, 6) is 1.18. The molecule has 0 aromatic heterocycles. The maximum atomic E-state index is 12.0. The quantitative estimate of drug-likeness (QED) is 0.737. The molecule has 2 fully saturated rings. The van der Waals surface area contributed by atoms with Crippen molar-refractivity contribution in [2.75, 3.05) is 46.3 Å². The molecule has 2 aliphatic rings. The van der Waals surface area contributed by atoms with E-state index in [1.165, 1.54) is 45.3 Å². The van der Waals surface area contributed by atoms with E-state index in [0.29, 0.717) is 12.3 Å². The number of rotatable bonds is 6. The molecule has 0 aliphatic carbocycles. The Balaban J connectivity index is 1.62. The lowest BCUT2D eigenvalue weighted by Crippen LogP contribution is -2.41. The molecule has 0 spiro atoms. The summed E-state index contributed by atoms with van der Waals surface area (Å²) in [6.07, 6.45) is 6.83. The highest BCUT2D eigenvalue weighted by Gasteiger charge is 2.24.